The highest BCUT2D eigenvalue weighted by atomic mass is 32.1. The molecule has 12 nitrogen and oxygen atoms in total. The number of hydrogen-bond donors (Lipinski definition) is 3. The number of carbonyl (C=O) groups excluding carboxylic acids is 6. The molecule has 0 unspecified atom stereocenters. The highest BCUT2D eigenvalue weighted by Crippen LogP contribution is 2.26. The molecule has 3 rings (SSSR count). The van der Waals surface area contributed by atoms with Gasteiger partial charge in [-0.25, -0.2) is 0 Å². The van der Waals surface area contributed by atoms with Gasteiger partial charge in [0.1, 0.15) is 18.1 Å². The molecule has 6 amide bonds. The van der Waals surface area contributed by atoms with E-state index in [2.05, 4.69) is 13.8 Å². The third-order valence-electron chi connectivity index (χ3n) is 8.25. The van der Waals surface area contributed by atoms with E-state index in [1.807, 2.05) is 20.8 Å². The molecular weight excluding hydrogens is 681 g/mol. The lowest BCUT2D eigenvalue weighted by Crippen LogP contribution is -2.45. The molecule has 0 saturated carbocycles. The molecule has 3 heterocycles. The zero-order chi connectivity index (χ0) is 32.0. The van der Waals surface area contributed by atoms with E-state index in [-0.39, 0.29) is 97.0 Å². The fourth-order valence-corrected chi connectivity index (χ4v) is 6.15. The van der Waals surface area contributed by atoms with Gasteiger partial charge in [0.2, 0.25) is 35.4 Å². The van der Waals surface area contributed by atoms with Gasteiger partial charge < -0.3 is 31.9 Å². The summed E-state index contributed by atoms with van der Waals surface area (Å²) in [6, 6.07) is -1.20. The fraction of sp³-hybridized carbons (Fsp3) is 0.806. The van der Waals surface area contributed by atoms with E-state index in [1.165, 1.54) is 0 Å². The topological polar surface area (TPSA) is 190 Å². The van der Waals surface area contributed by atoms with Crippen LogP contribution in [-0.4, -0.2) is 87.9 Å². The standard InChI is InChI=1S/2C11H20N2O2.C8H14N2O2.CH4.4H2S/c2*1-3-5-8-6-10(14)13(7-8)9(4-2)11(12)15;1-2-6(8(9)12)10-5-3-4-7(10)11;;;;;/h2*8-9H,3-7H2,1-2H3,(H2,12,15);6H,2-5H2,1H3,(H2,9,12);1H4;4*1H2/t8-,9+;8-,9-;6-;;;;;/m100...../s1. The maximum absolute atomic E-state index is 11.7. The van der Waals surface area contributed by atoms with Crippen molar-refractivity contribution in [2.75, 3.05) is 19.6 Å². The number of carbonyl (C=O) groups is 6. The maximum Gasteiger partial charge on any atom is 0.240 e. The Morgan fingerprint density at radius 1 is 0.617 bits per heavy atom. The van der Waals surface area contributed by atoms with Gasteiger partial charge in [-0.15, -0.1) is 0 Å². The minimum atomic E-state index is -0.403. The molecule has 0 aromatic carbocycles. The second-order valence-corrected chi connectivity index (χ2v) is 11.5. The summed E-state index contributed by atoms with van der Waals surface area (Å²) in [5.74, 6) is -0.121. The minimum Gasteiger partial charge on any atom is -0.368 e. The molecule has 0 radical (unpaired) electrons. The van der Waals surface area contributed by atoms with Crippen molar-refractivity contribution in [3.05, 3.63) is 0 Å². The zero-order valence-electron chi connectivity index (χ0n) is 28.3. The first-order valence-electron chi connectivity index (χ1n) is 15.6. The average molecular weight is 747 g/mol. The summed E-state index contributed by atoms with van der Waals surface area (Å²) in [6.45, 7) is 11.9. The largest absolute Gasteiger partial charge is 0.368 e. The molecule has 3 aliphatic heterocycles. The lowest BCUT2D eigenvalue weighted by molar-refractivity contribution is -0.136. The molecule has 280 valence electrons. The van der Waals surface area contributed by atoms with Crippen molar-refractivity contribution in [2.45, 2.75) is 131 Å². The maximum atomic E-state index is 11.7. The number of rotatable bonds is 13. The highest BCUT2D eigenvalue weighted by molar-refractivity contribution is 7.59. The smallest absolute Gasteiger partial charge is 0.240 e. The summed E-state index contributed by atoms with van der Waals surface area (Å²) < 4.78 is 0. The number of primary amides is 3. The lowest BCUT2D eigenvalue weighted by Gasteiger charge is -2.24. The molecule has 0 aromatic rings. The van der Waals surface area contributed by atoms with Crippen molar-refractivity contribution in [1.29, 1.82) is 0 Å². The van der Waals surface area contributed by atoms with Gasteiger partial charge in [0, 0.05) is 38.9 Å². The van der Waals surface area contributed by atoms with Crippen LogP contribution in [0.5, 0.6) is 0 Å². The van der Waals surface area contributed by atoms with E-state index in [9.17, 15) is 28.8 Å². The molecule has 5 atom stereocenters. The average Bonchev–Trinajstić information content (AvgIpc) is 3.60. The third-order valence-corrected chi connectivity index (χ3v) is 8.25. The Kier molecular flexibility index (Phi) is 32.7. The molecule has 6 N–H and O–H groups in total. The summed E-state index contributed by atoms with van der Waals surface area (Å²) in [7, 11) is 0. The first kappa shape index (κ1) is 54.7. The van der Waals surface area contributed by atoms with Crippen LogP contribution in [0.2, 0.25) is 0 Å². The van der Waals surface area contributed by atoms with Gasteiger partial charge in [-0.05, 0) is 50.4 Å². The summed E-state index contributed by atoms with van der Waals surface area (Å²) >= 11 is 0. The van der Waals surface area contributed by atoms with E-state index in [4.69, 9.17) is 17.2 Å². The van der Waals surface area contributed by atoms with Crippen molar-refractivity contribution in [3.63, 3.8) is 0 Å². The van der Waals surface area contributed by atoms with Crippen molar-refractivity contribution in [1.82, 2.24) is 14.7 Å². The van der Waals surface area contributed by atoms with Gasteiger partial charge in [-0.1, -0.05) is 54.9 Å². The second-order valence-electron chi connectivity index (χ2n) is 11.5. The minimum absolute atomic E-state index is 0. The van der Waals surface area contributed by atoms with Crippen molar-refractivity contribution >= 4 is 89.4 Å². The summed E-state index contributed by atoms with van der Waals surface area (Å²) in [6.07, 6.45) is 8.68. The Morgan fingerprint density at radius 2 is 0.936 bits per heavy atom. The predicted molar refractivity (Wildman–Crippen MR) is 208 cm³/mol. The molecule has 3 fully saturated rings. The van der Waals surface area contributed by atoms with Crippen LogP contribution >= 0.6 is 54.0 Å². The number of likely N-dealkylation sites (tertiary alicyclic amines) is 3. The van der Waals surface area contributed by atoms with E-state index < -0.39 is 18.0 Å². The van der Waals surface area contributed by atoms with Gasteiger partial charge in [0.05, 0.1) is 0 Å². The quantitative estimate of drug-likeness (QED) is 0.260. The van der Waals surface area contributed by atoms with E-state index in [0.29, 0.717) is 70.0 Å². The molecule has 0 aliphatic carbocycles. The number of nitrogens with zero attached hydrogens (tertiary/aromatic N) is 3. The van der Waals surface area contributed by atoms with Crippen molar-refractivity contribution in [2.24, 2.45) is 29.0 Å². The first-order valence-corrected chi connectivity index (χ1v) is 15.6. The molecule has 3 aliphatic rings. The van der Waals surface area contributed by atoms with Crippen LogP contribution < -0.4 is 17.2 Å². The third kappa shape index (κ3) is 16.9. The van der Waals surface area contributed by atoms with Crippen LogP contribution in [-0.2, 0) is 28.8 Å². The molecule has 0 bridgehead atoms. The summed E-state index contributed by atoms with van der Waals surface area (Å²) in [5.41, 5.74) is 15.7. The molecule has 16 heteroatoms. The monoisotopic (exact) mass is 746 g/mol. The number of hydrogen-bond acceptors (Lipinski definition) is 6. The van der Waals surface area contributed by atoms with E-state index in [1.54, 1.807) is 14.7 Å². The van der Waals surface area contributed by atoms with Crippen LogP contribution in [0, 0.1) is 11.8 Å². The van der Waals surface area contributed by atoms with E-state index >= 15 is 0 Å². The number of amides is 6. The van der Waals surface area contributed by atoms with Gasteiger partial charge in [-0.2, -0.15) is 54.0 Å². The molecular formula is C31H66N6O6S4. The van der Waals surface area contributed by atoms with Gasteiger partial charge in [-0.3, -0.25) is 28.8 Å². The Morgan fingerprint density at radius 3 is 1.17 bits per heavy atom. The molecule has 3 saturated heterocycles. The predicted octanol–water partition coefficient (Wildman–Crippen LogP) is 2.76. The molecule has 0 aromatic heterocycles. The van der Waals surface area contributed by atoms with Crippen LogP contribution in [0.25, 0.3) is 0 Å². The normalized spacial score (nSPS) is 19.9. The van der Waals surface area contributed by atoms with Gasteiger partial charge in [0.25, 0.3) is 0 Å². The fourth-order valence-electron chi connectivity index (χ4n) is 6.15. The Balaban J connectivity index is -0.000000179. The second kappa shape index (κ2) is 28.1. The molecule has 47 heavy (non-hydrogen) atoms. The van der Waals surface area contributed by atoms with Crippen LogP contribution in [0.1, 0.15) is 113 Å². The van der Waals surface area contributed by atoms with Gasteiger partial charge >= 0.3 is 0 Å². The molecule has 0 spiro atoms. The number of nitrogens with two attached hydrogens (primary N) is 3. The highest BCUT2D eigenvalue weighted by Gasteiger charge is 2.36. The van der Waals surface area contributed by atoms with Crippen molar-refractivity contribution in [3.8, 4) is 0 Å². The van der Waals surface area contributed by atoms with Crippen LogP contribution in [0.15, 0.2) is 0 Å². The van der Waals surface area contributed by atoms with Crippen molar-refractivity contribution < 1.29 is 28.8 Å². The SMILES string of the molecule is C.CCC[C@@H]1CC(=O)N([C@@H](CC)C(N)=O)C1.CCC[C@H]1CC(=O)N([C@@H](CC)C(N)=O)C1.CC[C@@H](C(N)=O)N1CCCC1=O.S.S.S.S. The van der Waals surface area contributed by atoms with E-state index in [0.717, 1.165) is 32.1 Å². The Hall–Kier alpha value is -1.78. The van der Waals surface area contributed by atoms with Crippen LogP contribution in [0.3, 0.4) is 0 Å². The zero-order valence-corrected chi connectivity index (χ0v) is 32.3. The summed E-state index contributed by atoms with van der Waals surface area (Å²) in [5, 5.41) is 0. The lowest BCUT2D eigenvalue weighted by atomic mass is 10.0. The van der Waals surface area contributed by atoms with Crippen LogP contribution in [0.4, 0.5) is 0 Å². The Labute approximate surface area is 311 Å². The van der Waals surface area contributed by atoms with Gasteiger partial charge in [0.15, 0.2) is 0 Å². The Bertz CT molecular complexity index is 911. The summed E-state index contributed by atoms with van der Waals surface area (Å²) in [4.78, 5) is 72.7. The first-order chi connectivity index (χ1) is 19.9.